The number of carbonyl (C=O) groups excluding carboxylic acids is 1. The van der Waals surface area contributed by atoms with Gasteiger partial charge in [-0.3, -0.25) is 4.79 Å². The minimum atomic E-state index is -3.46. The molecule has 2 aliphatic rings. The van der Waals surface area contributed by atoms with Crippen LogP contribution in [0.1, 0.15) is 44.6 Å². The second kappa shape index (κ2) is 7.46. The molecule has 25 heavy (non-hydrogen) atoms. The molecule has 0 aromatic heterocycles. The van der Waals surface area contributed by atoms with E-state index in [1.54, 1.807) is 12.1 Å². The minimum absolute atomic E-state index is 0.0370. The van der Waals surface area contributed by atoms with E-state index >= 15 is 0 Å². The Morgan fingerprint density at radius 1 is 1.00 bits per heavy atom. The molecule has 1 amide bonds. The Morgan fingerprint density at radius 2 is 1.64 bits per heavy atom. The van der Waals surface area contributed by atoms with Crippen molar-refractivity contribution in [3.8, 4) is 0 Å². The van der Waals surface area contributed by atoms with Crippen LogP contribution >= 0.6 is 0 Å². The molecule has 1 aromatic rings. The van der Waals surface area contributed by atoms with Crippen LogP contribution in [-0.2, 0) is 14.8 Å². The van der Waals surface area contributed by atoms with Crippen LogP contribution in [0.4, 0.5) is 0 Å². The Bertz CT molecular complexity index is 707. The van der Waals surface area contributed by atoms with E-state index in [1.807, 2.05) is 24.0 Å². The van der Waals surface area contributed by atoms with Crippen molar-refractivity contribution in [1.29, 1.82) is 0 Å². The number of hydrogen-bond donors (Lipinski definition) is 0. The van der Waals surface area contributed by atoms with Crippen LogP contribution in [0.5, 0.6) is 0 Å². The van der Waals surface area contributed by atoms with Crippen molar-refractivity contribution in [2.45, 2.75) is 56.9 Å². The Labute approximate surface area is 151 Å². The summed E-state index contributed by atoms with van der Waals surface area (Å²) in [6.07, 6.45) is 4.58. The Kier molecular flexibility index (Phi) is 5.49. The van der Waals surface area contributed by atoms with E-state index in [2.05, 4.69) is 6.92 Å². The van der Waals surface area contributed by atoms with Crippen molar-refractivity contribution in [2.24, 2.45) is 5.92 Å². The molecule has 1 aromatic carbocycles. The fourth-order valence-electron chi connectivity index (χ4n) is 3.86. The van der Waals surface area contributed by atoms with Crippen molar-refractivity contribution < 1.29 is 13.2 Å². The molecule has 0 aliphatic carbocycles. The Hall–Kier alpha value is -1.40. The molecule has 138 valence electrons. The summed E-state index contributed by atoms with van der Waals surface area (Å²) in [5, 5.41) is 0. The largest absolute Gasteiger partial charge is 0.340 e. The number of likely N-dealkylation sites (tertiary alicyclic amines) is 1. The first kappa shape index (κ1) is 18.4. The highest BCUT2D eigenvalue weighted by molar-refractivity contribution is 7.89. The van der Waals surface area contributed by atoms with E-state index in [1.165, 1.54) is 10.7 Å². The van der Waals surface area contributed by atoms with Gasteiger partial charge in [-0.05, 0) is 58.1 Å². The molecule has 2 fully saturated rings. The third kappa shape index (κ3) is 3.90. The van der Waals surface area contributed by atoms with E-state index in [4.69, 9.17) is 0 Å². The zero-order valence-electron chi connectivity index (χ0n) is 15.1. The summed E-state index contributed by atoms with van der Waals surface area (Å²) in [5.74, 6) is 0.185. The average Bonchev–Trinajstić information content (AvgIpc) is 2.62. The van der Waals surface area contributed by atoms with E-state index in [0.29, 0.717) is 36.9 Å². The number of amides is 1. The molecule has 6 heteroatoms. The van der Waals surface area contributed by atoms with Gasteiger partial charge in [0, 0.05) is 31.6 Å². The van der Waals surface area contributed by atoms with Gasteiger partial charge >= 0.3 is 0 Å². The molecule has 1 unspecified atom stereocenters. The molecule has 0 spiro atoms. The second-order valence-electron chi connectivity index (χ2n) is 7.37. The lowest BCUT2D eigenvalue weighted by atomic mass is 9.94. The highest BCUT2D eigenvalue weighted by Gasteiger charge is 2.35. The van der Waals surface area contributed by atoms with E-state index in [0.717, 1.165) is 24.9 Å². The molecule has 0 N–H and O–H groups in total. The molecule has 3 rings (SSSR count). The van der Waals surface area contributed by atoms with Crippen LogP contribution in [0.3, 0.4) is 0 Å². The summed E-state index contributed by atoms with van der Waals surface area (Å²) in [7, 11) is -3.46. The van der Waals surface area contributed by atoms with Crippen molar-refractivity contribution in [3.63, 3.8) is 0 Å². The molecule has 2 saturated heterocycles. The minimum Gasteiger partial charge on any atom is -0.340 e. The zero-order chi connectivity index (χ0) is 18.0. The Morgan fingerprint density at radius 3 is 2.24 bits per heavy atom. The van der Waals surface area contributed by atoms with Gasteiger partial charge in [0.1, 0.15) is 0 Å². The fraction of sp³-hybridized carbons (Fsp3) is 0.632. The molecule has 0 saturated carbocycles. The SMILES string of the molecule is Cc1ccc(S(=O)(=O)N2CCC(C(=O)N3CCCCC3C)CC2)cc1. The van der Waals surface area contributed by atoms with E-state index in [9.17, 15) is 13.2 Å². The first-order valence-electron chi connectivity index (χ1n) is 9.27. The number of hydrogen-bond acceptors (Lipinski definition) is 3. The van der Waals surface area contributed by atoms with Crippen molar-refractivity contribution >= 4 is 15.9 Å². The first-order valence-corrected chi connectivity index (χ1v) is 10.7. The van der Waals surface area contributed by atoms with Gasteiger partial charge in [0.2, 0.25) is 15.9 Å². The van der Waals surface area contributed by atoms with Crippen molar-refractivity contribution in [1.82, 2.24) is 9.21 Å². The van der Waals surface area contributed by atoms with Crippen LogP contribution in [0.2, 0.25) is 0 Å². The van der Waals surface area contributed by atoms with Gasteiger partial charge in [-0.25, -0.2) is 8.42 Å². The summed E-state index contributed by atoms with van der Waals surface area (Å²) in [6, 6.07) is 7.28. The lowest BCUT2D eigenvalue weighted by Crippen LogP contribution is -2.48. The average molecular weight is 365 g/mol. The number of nitrogens with zero attached hydrogens (tertiary/aromatic N) is 2. The highest BCUT2D eigenvalue weighted by Crippen LogP contribution is 2.27. The Balaban J connectivity index is 1.63. The summed E-state index contributed by atoms with van der Waals surface area (Å²) in [6.45, 7) is 5.76. The van der Waals surface area contributed by atoms with Crippen LogP contribution in [0.25, 0.3) is 0 Å². The maximum atomic E-state index is 12.8. The molecule has 2 aliphatic heterocycles. The molecule has 1 atom stereocenters. The standard InChI is InChI=1S/C19H28N2O3S/c1-15-6-8-18(9-7-15)25(23,24)20-13-10-17(11-14-20)19(22)21-12-4-3-5-16(21)2/h6-9,16-17H,3-5,10-14H2,1-2H3. The first-order chi connectivity index (χ1) is 11.9. The number of benzene rings is 1. The van der Waals surface area contributed by atoms with Gasteiger partial charge < -0.3 is 4.90 Å². The van der Waals surface area contributed by atoms with Crippen LogP contribution in [0.15, 0.2) is 29.2 Å². The topological polar surface area (TPSA) is 57.7 Å². The monoisotopic (exact) mass is 364 g/mol. The van der Waals surface area contributed by atoms with Crippen molar-refractivity contribution in [3.05, 3.63) is 29.8 Å². The fourth-order valence-corrected chi connectivity index (χ4v) is 5.33. The normalized spacial score (nSPS) is 23.6. The molecular weight excluding hydrogens is 336 g/mol. The third-order valence-corrected chi connectivity index (χ3v) is 7.46. The molecule has 0 radical (unpaired) electrons. The molecule has 0 bridgehead atoms. The van der Waals surface area contributed by atoms with E-state index < -0.39 is 10.0 Å². The second-order valence-corrected chi connectivity index (χ2v) is 9.31. The lowest BCUT2D eigenvalue weighted by Gasteiger charge is -2.38. The predicted octanol–water partition coefficient (Wildman–Crippen LogP) is 2.80. The molecule has 2 heterocycles. The maximum absolute atomic E-state index is 12.8. The quantitative estimate of drug-likeness (QED) is 0.829. The van der Waals surface area contributed by atoms with E-state index in [-0.39, 0.29) is 11.8 Å². The molecule has 5 nitrogen and oxygen atoms in total. The zero-order valence-corrected chi connectivity index (χ0v) is 16.0. The highest BCUT2D eigenvalue weighted by atomic mass is 32.2. The number of rotatable bonds is 3. The predicted molar refractivity (Wildman–Crippen MR) is 97.7 cm³/mol. The van der Waals surface area contributed by atoms with Crippen LogP contribution < -0.4 is 0 Å². The van der Waals surface area contributed by atoms with Gasteiger partial charge in [-0.15, -0.1) is 0 Å². The number of sulfonamides is 1. The van der Waals surface area contributed by atoms with Gasteiger partial charge in [0.05, 0.1) is 4.90 Å². The third-order valence-electron chi connectivity index (χ3n) is 5.55. The van der Waals surface area contributed by atoms with Crippen molar-refractivity contribution in [2.75, 3.05) is 19.6 Å². The van der Waals surface area contributed by atoms with Gasteiger partial charge in [0.25, 0.3) is 0 Å². The molecular formula is C19H28N2O3S. The lowest BCUT2D eigenvalue weighted by molar-refractivity contribution is -0.140. The number of aryl methyl sites for hydroxylation is 1. The smallest absolute Gasteiger partial charge is 0.243 e. The van der Waals surface area contributed by atoms with Gasteiger partial charge in [-0.2, -0.15) is 4.31 Å². The van der Waals surface area contributed by atoms with Gasteiger partial charge in [-0.1, -0.05) is 17.7 Å². The number of carbonyl (C=O) groups is 1. The summed E-state index contributed by atoms with van der Waals surface area (Å²) in [5.41, 5.74) is 1.04. The summed E-state index contributed by atoms with van der Waals surface area (Å²) in [4.78, 5) is 15.1. The van der Waals surface area contributed by atoms with Crippen LogP contribution in [-0.4, -0.2) is 49.2 Å². The van der Waals surface area contributed by atoms with Crippen LogP contribution in [0, 0.1) is 12.8 Å². The van der Waals surface area contributed by atoms with Gasteiger partial charge in [0.15, 0.2) is 0 Å². The maximum Gasteiger partial charge on any atom is 0.243 e. The summed E-state index contributed by atoms with van der Waals surface area (Å²) < 4.78 is 27.0. The summed E-state index contributed by atoms with van der Waals surface area (Å²) >= 11 is 0. The number of piperidine rings is 2.